The van der Waals surface area contributed by atoms with Crippen LogP contribution in [0.4, 0.5) is 11.4 Å². The van der Waals surface area contributed by atoms with Crippen LogP contribution in [0.3, 0.4) is 0 Å². The number of carbonyl (C=O) groups is 1. The minimum atomic E-state index is 0.123. The third kappa shape index (κ3) is 4.10. The zero-order valence-corrected chi connectivity index (χ0v) is 13.3. The minimum absolute atomic E-state index is 0.123. The molecule has 0 radical (unpaired) electrons. The van der Waals surface area contributed by atoms with Crippen molar-refractivity contribution in [3.05, 3.63) is 36.4 Å². The fourth-order valence-corrected chi connectivity index (χ4v) is 2.86. The van der Waals surface area contributed by atoms with Crippen LogP contribution in [0.25, 0.3) is 0 Å². The van der Waals surface area contributed by atoms with Gasteiger partial charge in [-0.15, -0.1) is 0 Å². The zero-order valence-electron chi connectivity index (χ0n) is 13.3. The lowest BCUT2D eigenvalue weighted by Crippen LogP contribution is -2.30. The number of rotatable bonds is 5. The minimum Gasteiger partial charge on any atom is -0.369 e. The molecule has 0 spiro atoms. The van der Waals surface area contributed by atoms with Crippen LogP contribution in [-0.4, -0.2) is 18.5 Å². The number of amides is 1. The van der Waals surface area contributed by atoms with E-state index in [2.05, 4.69) is 55.3 Å². The van der Waals surface area contributed by atoms with Crippen molar-refractivity contribution in [2.75, 3.05) is 16.8 Å². The highest BCUT2D eigenvalue weighted by Crippen LogP contribution is 2.23. The second-order valence-electron chi connectivity index (χ2n) is 5.90. The lowest BCUT2D eigenvalue weighted by molar-refractivity contribution is -0.120. The van der Waals surface area contributed by atoms with Gasteiger partial charge in [0.05, 0.1) is 0 Å². The molecule has 0 saturated heterocycles. The monoisotopic (exact) mass is 286 g/mol. The van der Waals surface area contributed by atoms with Crippen molar-refractivity contribution in [3.8, 4) is 0 Å². The van der Waals surface area contributed by atoms with Crippen molar-refractivity contribution in [1.29, 1.82) is 0 Å². The summed E-state index contributed by atoms with van der Waals surface area (Å²) in [6, 6.07) is 8.64. The molecule has 0 saturated carbocycles. The van der Waals surface area contributed by atoms with Gasteiger partial charge in [-0.1, -0.05) is 12.2 Å². The fourth-order valence-electron chi connectivity index (χ4n) is 2.86. The number of allylic oxidation sites excluding steroid dienone is 2. The quantitative estimate of drug-likeness (QED) is 0.822. The van der Waals surface area contributed by atoms with E-state index in [1.54, 1.807) is 0 Å². The topological polar surface area (TPSA) is 32.3 Å². The highest BCUT2D eigenvalue weighted by atomic mass is 16.1. The predicted octanol–water partition coefficient (Wildman–Crippen LogP) is 4.22. The van der Waals surface area contributed by atoms with Crippen molar-refractivity contribution in [3.63, 3.8) is 0 Å². The van der Waals surface area contributed by atoms with Gasteiger partial charge in [0, 0.05) is 29.9 Å². The molecule has 1 aromatic carbocycles. The molecule has 1 N–H and O–H groups in total. The van der Waals surface area contributed by atoms with Gasteiger partial charge < -0.3 is 10.2 Å². The number of hydrogen-bond acceptors (Lipinski definition) is 2. The van der Waals surface area contributed by atoms with Crippen LogP contribution in [0, 0.1) is 5.92 Å². The second-order valence-corrected chi connectivity index (χ2v) is 5.90. The van der Waals surface area contributed by atoms with Gasteiger partial charge in [-0.25, -0.2) is 0 Å². The molecule has 1 aromatic rings. The largest absolute Gasteiger partial charge is 0.369 e. The summed E-state index contributed by atoms with van der Waals surface area (Å²) in [5, 5.41) is 3.03. The third-order valence-corrected chi connectivity index (χ3v) is 4.07. The van der Waals surface area contributed by atoms with Crippen molar-refractivity contribution < 1.29 is 4.79 Å². The molecule has 3 heteroatoms. The van der Waals surface area contributed by atoms with E-state index in [9.17, 15) is 4.79 Å². The summed E-state index contributed by atoms with van der Waals surface area (Å²) in [5.74, 6) is 0.265. The Bertz CT molecular complexity index is 490. The molecule has 21 heavy (non-hydrogen) atoms. The van der Waals surface area contributed by atoms with Gasteiger partial charge in [0.1, 0.15) is 0 Å². The number of benzene rings is 1. The van der Waals surface area contributed by atoms with Crippen LogP contribution in [0.1, 0.15) is 40.0 Å². The first kappa shape index (κ1) is 15.6. The van der Waals surface area contributed by atoms with Gasteiger partial charge in [-0.2, -0.15) is 0 Å². The first-order valence-electron chi connectivity index (χ1n) is 7.94. The van der Waals surface area contributed by atoms with Crippen molar-refractivity contribution in [1.82, 2.24) is 0 Å². The summed E-state index contributed by atoms with van der Waals surface area (Å²) in [6.45, 7) is 7.52. The van der Waals surface area contributed by atoms with E-state index >= 15 is 0 Å². The summed E-state index contributed by atoms with van der Waals surface area (Å²) in [5.41, 5.74) is 2.09. The summed E-state index contributed by atoms with van der Waals surface area (Å²) < 4.78 is 0. The molecule has 1 unspecified atom stereocenters. The smallest absolute Gasteiger partial charge is 0.227 e. The average Bonchev–Trinajstić information content (AvgIpc) is 2.50. The Kier molecular flexibility index (Phi) is 5.43. The van der Waals surface area contributed by atoms with Crippen molar-refractivity contribution in [2.45, 2.75) is 46.1 Å². The van der Waals surface area contributed by atoms with Gasteiger partial charge in [-0.05, 0) is 64.3 Å². The molecule has 0 heterocycles. The van der Waals surface area contributed by atoms with Crippen molar-refractivity contribution in [2.24, 2.45) is 5.92 Å². The SMILES string of the molecule is CCN(c1ccc(NC(=O)C2CC=CCC2)cc1)C(C)C. The summed E-state index contributed by atoms with van der Waals surface area (Å²) in [7, 11) is 0. The van der Waals surface area contributed by atoms with Crippen LogP contribution in [0.5, 0.6) is 0 Å². The molecule has 0 fully saturated rings. The second kappa shape index (κ2) is 7.30. The Morgan fingerprint density at radius 2 is 2.00 bits per heavy atom. The van der Waals surface area contributed by atoms with E-state index in [0.29, 0.717) is 6.04 Å². The van der Waals surface area contributed by atoms with E-state index in [-0.39, 0.29) is 11.8 Å². The zero-order chi connectivity index (χ0) is 15.2. The third-order valence-electron chi connectivity index (χ3n) is 4.07. The Labute approximate surface area is 128 Å². The standard InChI is InChI=1S/C18H26N2O/c1-4-20(14(2)3)17-12-10-16(11-13-17)19-18(21)15-8-6-5-7-9-15/h5-6,10-15H,4,7-9H2,1-3H3,(H,19,21). The van der Waals surface area contributed by atoms with Crippen LogP contribution in [-0.2, 0) is 4.79 Å². The molecule has 1 amide bonds. The molecule has 1 aliphatic carbocycles. The van der Waals surface area contributed by atoms with Crippen LogP contribution >= 0.6 is 0 Å². The Hall–Kier alpha value is -1.77. The van der Waals surface area contributed by atoms with Crippen LogP contribution in [0.2, 0.25) is 0 Å². The number of anilines is 2. The van der Waals surface area contributed by atoms with Gasteiger partial charge >= 0.3 is 0 Å². The number of hydrogen-bond donors (Lipinski definition) is 1. The summed E-state index contributed by atoms with van der Waals surface area (Å²) >= 11 is 0. The fraction of sp³-hybridized carbons (Fsp3) is 0.500. The highest BCUT2D eigenvalue weighted by molar-refractivity contribution is 5.92. The van der Waals surface area contributed by atoms with E-state index < -0.39 is 0 Å². The lowest BCUT2D eigenvalue weighted by atomic mass is 9.93. The first-order valence-corrected chi connectivity index (χ1v) is 7.94. The molecule has 3 nitrogen and oxygen atoms in total. The van der Waals surface area contributed by atoms with Gasteiger partial charge in [0.2, 0.25) is 5.91 Å². The number of nitrogens with zero attached hydrogens (tertiary/aromatic N) is 1. The van der Waals surface area contributed by atoms with Gasteiger partial charge in [-0.3, -0.25) is 4.79 Å². The normalized spacial score (nSPS) is 17.8. The maximum Gasteiger partial charge on any atom is 0.227 e. The lowest BCUT2D eigenvalue weighted by Gasteiger charge is -2.27. The molecule has 114 valence electrons. The first-order chi connectivity index (χ1) is 10.1. The molecule has 1 aliphatic rings. The van der Waals surface area contributed by atoms with E-state index in [1.807, 2.05) is 12.1 Å². The van der Waals surface area contributed by atoms with Gasteiger partial charge in [0.25, 0.3) is 0 Å². The summed E-state index contributed by atoms with van der Waals surface area (Å²) in [4.78, 5) is 14.5. The molecule has 2 rings (SSSR count). The molecule has 0 bridgehead atoms. The Morgan fingerprint density at radius 1 is 1.29 bits per heavy atom. The molecule has 0 aromatic heterocycles. The van der Waals surface area contributed by atoms with E-state index in [4.69, 9.17) is 0 Å². The summed E-state index contributed by atoms with van der Waals surface area (Å²) in [6.07, 6.45) is 7.09. The predicted molar refractivity (Wildman–Crippen MR) is 89.7 cm³/mol. The highest BCUT2D eigenvalue weighted by Gasteiger charge is 2.18. The molecular formula is C18H26N2O. The molecular weight excluding hydrogens is 260 g/mol. The average molecular weight is 286 g/mol. The van der Waals surface area contributed by atoms with E-state index in [1.165, 1.54) is 5.69 Å². The number of carbonyl (C=O) groups excluding carboxylic acids is 1. The van der Waals surface area contributed by atoms with E-state index in [0.717, 1.165) is 31.5 Å². The molecule has 0 aliphatic heterocycles. The van der Waals surface area contributed by atoms with Crippen molar-refractivity contribution >= 4 is 17.3 Å². The number of nitrogens with one attached hydrogen (secondary N) is 1. The van der Waals surface area contributed by atoms with Crippen LogP contribution in [0.15, 0.2) is 36.4 Å². The maximum atomic E-state index is 12.2. The Morgan fingerprint density at radius 3 is 2.52 bits per heavy atom. The van der Waals surface area contributed by atoms with Crippen LogP contribution < -0.4 is 10.2 Å². The van der Waals surface area contributed by atoms with Gasteiger partial charge in [0.15, 0.2) is 0 Å². The Balaban J connectivity index is 1.98. The maximum absolute atomic E-state index is 12.2. The molecule has 1 atom stereocenters.